The molecule has 0 radical (unpaired) electrons. The van der Waals surface area contributed by atoms with E-state index in [0.717, 1.165) is 44.2 Å². The molecule has 1 saturated heterocycles. The minimum absolute atomic E-state index is 0.0781. The molecule has 3 heteroatoms. The fourth-order valence-corrected chi connectivity index (χ4v) is 3.93. The molecule has 3 nitrogen and oxygen atoms in total. The van der Waals surface area contributed by atoms with Gasteiger partial charge in [0.05, 0.1) is 5.92 Å². The molecule has 1 aliphatic heterocycles. The van der Waals surface area contributed by atoms with Crippen LogP contribution in [0.5, 0.6) is 0 Å². The van der Waals surface area contributed by atoms with Gasteiger partial charge in [0.1, 0.15) is 0 Å². The van der Waals surface area contributed by atoms with Gasteiger partial charge in [-0.1, -0.05) is 20.8 Å². The van der Waals surface area contributed by atoms with Crippen molar-refractivity contribution in [3.63, 3.8) is 0 Å². The van der Waals surface area contributed by atoms with Gasteiger partial charge in [-0.05, 0) is 56.3 Å². The molecule has 1 heterocycles. The van der Waals surface area contributed by atoms with Crippen molar-refractivity contribution in [1.82, 2.24) is 4.90 Å². The number of rotatable bonds is 2. The van der Waals surface area contributed by atoms with Crippen molar-refractivity contribution in [1.29, 1.82) is 0 Å². The van der Waals surface area contributed by atoms with Gasteiger partial charge in [0.2, 0.25) is 5.91 Å². The zero-order valence-corrected chi connectivity index (χ0v) is 13.5. The van der Waals surface area contributed by atoms with Gasteiger partial charge in [-0.3, -0.25) is 4.79 Å². The predicted molar refractivity (Wildman–Crippen MR) is 83.2 cm³/mol. The van der Waals surface area contributed by atoms with Crippen LogP contribution in [0.15, 0.2) is 0 Å². The van der Waals surface area contributed by atoms with Crippen molar-refractivity contribution in [2.45, 2.75) is 65.3 Å². The van der Waals surface area contributed by atoms with Gasteiger partial charge in [-0.15, -0.1) is 0 Å². The number of nitrogens with zero attached hydrogens (tertiary/aromatic N) is 1. The SMILES string of the molecule is CC1CCC(N)C(C(=O)N2CCCC(C(C)C)CC2)C1. The lowest BCUT2D eigenvalue weighted by Gasteiger charge is -2.35. The lowest BCUT2D eigenvalue weighted by Crippen LogP contribution is -2.47. The molecule has 2 aliphatic rings. The summed E-state index contributed by atoms with van der Waals surface area (Å²) >= 11 is 0. The number of hydrogen-bond donors (Lipinski definition) is 1. The van der Waals surface area contributed by atoms with E-state index in [2.05, 4.69) is 25.7 Å². The van der Waals surface area contributed by atoms with E-state index in [1.165, 1.54) is 19.3 Å². The standard InChI is InChI=1S/C17H32N2O/c1-12(2)14-5-4-9-19(10-8-14)17(20)15-11-13(3)6-7-16(15)18/h12-16H,4-11,18H2,1-3H3. The number of nitrogens with two attached hydrogens (primary N) is 1. The molecular formula is C17H32N2O. The van der Waals surface area contributed by atoms with Crippen LogP contribution in [-0.4, -0.2) is 29.9 Å². The average molecular weight is 280 g/mol. The second-order valence-corrected chi connectivity index (χ2v) is 7.45. The Hall–Kier alpha value is -0.570. The monoisotopic (exact) mass is 280 g/mol. The predicted octanol–water partition coefficient (Wildman–Crippen LogP) is 3.03. The highest BCUT2D eigenvalue weighted by Gasteiger charge is 2.34. The second-order valence-electron chi connectivity index (χ2n) is 7.45. The van der Waals surface area contributed by atoms with Crippen molar-refractivity contribution in [2.24, 2.45) is 29.4 Å². The summed E-state index contributed by atoms with van der Waals surface area (Å²) in [4.78, 5) is 14.9. The Morgan fingerprint density at radius 2 is 1.90 bits per heavy atom. The third-order valence-electron chi connectivity index (χ3n) is 5.51. The molecule has 0 aromatic rings. The summed E-state index contributed by atoms with van der Waals surface area (Å²) in [5.74, 6) is 2.59. The van der Waals surface area contributed by atoms with Gasteiger partial charge in [0.15, 0.2) is 0 Å². The Morgan fingerprint density at radius 3 is 2.60 bits per heavy atom. The summed E-state index contributed by atoms with van der Waals surface area (Å²) in [6.07, 6.45) is 6.78. The van der Waals surface area contributed by atoms with Crippen LogP contribution in [-0.2, 0) is 4.79 Å². The highest BCUT2D eigenvalue weighted by Crippen LogP contribution is 2.31. The largest absolute Gasteiger partial charge is 0.342 e. The quantitative estimate of drug-likeness (QED) is 0.845. The zero-order chi connectivity index (χ0) is 14.7. The van der Waals surface area contributed by atoms with E-state index in [1.807, 2.05) is 0 Å². The average Bonchev–Trinajstić information content (AvgIpc) is 2.66. The third kappa shape index (κ3) is 3.75. The summed E-state index contributed by atoms with van der Waals surface area (Å²) < 4.78 is 0. The number of carbonyl (C=O) groups is 1. The van der Waals surface area contributed by atoms with E-state index in [0.29, 0.717) is 11.8 Å². The Kier molecular flexibility index (Phi) is 5.48. The van der Waals surface area contributed by atoms with E-state index in [4.69, 9.17) is 5.73 Å². The fourth-order valence-electron chi connectivity index (χ4n) is 3.93. The zero-order valence-electron chi connectivity index (χ0n) is 13.5. The Morgan fingerprint density at radius 1 is 1.15 bits per heavy atom. The first-order valence-electron chi connectivity index (χ1n) is 8.53. The van der Waals surface area contributed by atoms with Crippen molar-refractivity contribution in [3.05, 3.63) is 0 Å². The van der Waals surface area contributed by atoms with E-state index >= 15 is 0 Å². The molecule has 2 rings (SSSR count). The molecule has 0 bridgehead atoms. The lowest BCUT2D eigenvalue weighted by atomic mass is 9.78. The van der Waals surface area contributed by atoms with Crippen LogP contribution in [0.2, 0.25) is 0 Å². The highest BCUT2D eigenvalue weighted by molar-refractivity contribution is 5.79. The summed E-state index contributed by atoms with van der Waals surface area (Å²) in [5.41, 5.74) is 6.22. The molecule has 1 amide bonds. The van der Waals surface area contributed by atoms with Crippen molar-refractivity contribution < 1.29 is 4.79 Å². The van der Waals surface area contributed by atoms with Gasteiger partial charge in [-0.25, -0.2) is 0 Å². The van der Waals surface area contributed by atoms with Crippen LogP contribution < -0.4 is 5.73 Å². The Bertz CT molecular complexity index is 329. The normalized spacial score (nSPS) is 36.0. The number of hydrogen-bond acceptors (Lipinski definition) is 2. The minimum Gasteiger partial charge on any atom is -0.342 e. The smallest absolute Gasteiger partial charge is 0.227 e. The minimum atomic E-state index is 0.0781. The summed E-state index contributed by atoms with van der Waals surface area (Å²) in [5, 5.41) is 0. The van der Waals surface area contributed by atoms with Gasteiger partial charge < -0.3 is 10.6 Å². The van der Waals surface area contributed by atoms with Crippen molar-refractivity contribution in [2.75, 3.05) is 13.1 Å². The number of carbonyl (C=O) groups excluding carboxylic acids is 1. The molecule has 116 valence electrons. The first kappa shape index (κ1) is 15.8. The molecule has 4 atom stereocenters. The van der Waals surface area contributed by atoms with Gasteiger partial charge >= 0.3 is 0 Å². The Balaban J connectivity index is 1.94. The first-order valence-corrected chi connectivity index (χ1v) is 8.53. The van der Waals surface area contributed by atoms with Gasteiger partial charge in [0.25, 0.3) is 0 Å². The fraction of sp³-hybridized carbons (Fsp3) is 0.941. The summed E-state index contributed by atoms with van der Waals surface area (Å²) in [6.45, 7) is 8.75. The molecule has 1 aliphatic carbocycles. The van der Waals surface area contributed by atoms with Crippen LogP contribution in [0.1, 0.15) is 59.3 Å². The van der Waals surface area contributed by atoms with E-state index < -0.39 is 0 Å². The maximum absolute atomic E-state index is 12.8. The Labute approximate surface area is 124 Å². The first-order chi connectivity index (χ1) is 9.49. The van der Waals surface area contributed by atoms with Crippen LogP contribution in [0.3, 0.4) is 0 Å². The maximum Gasteiger partial charge on any atom is 0.227 e. The van der Waals surface area contributed by atoms with Crippen LogP contribution in [0, 0.1) is 23.7 Å². The molecule has 1 saturated carbocycles. The summed E-state index contributed by atoms with van der Waals surface area (Å²) in [6, 6.07) is 0.0860. The van der Waals surface area contributed by atoms with Crippen LogP contribution >= 0.6 is 0 Å². The molecule has 4 unspecified atom stereocenters. The maximum atomic E-state index is 12.8. The molecule has 0 spiro atoms. The third-order valence-corrected chi connectivity index (χ3v) is 5.51. The van der Waals surface area contributed by atoms with Crippen LogP contribution in [0.25, 0.3) is 0 Å². The van der Waals surface area contributed by atoms with Crippen molar-refractivity contribution in [3.8, 4) is 0 Å². The van der Waals surface area contributed by atoms with Crippen molar-refractivity contribution >= 4 is 5.91 Å². The molecule has 20 heavy (non-hydrogen) atoms. The topological polar surface area (TPSA) is 46.3 Å². The van der Waals surface area contributed by atoms with Gasteiger partial charge in [-0.2, -0.15) is 0 Å². The van der Waals surface area contributed by atoms with Gasteiger partial charge in [0, 0.05) is 19.1 Å². The molecular weight excluding hydrogens is 248 g/mol. The lowest BCUT2D eigenvalue weighted by molar-refractivity contribution is -0.137. The number of amides is 1. The van der Waals surface area contributed by atoms with Crippen LogP contribution in [0.4, 0.5) is 0 Å². The number of likely N-dealkylation sites (tertiary alicyclic amines) is 1. The molecule has 0 aromatic carbocycles. The van der Waals surface area contributed by atoms with E-state index in [1.54, 1.807) is 0 Å². The molecule has 0 aromatic heterocycles. The molecule has 2 fully saturated rings. The molecule has 2 N–H and O–H groups in total. The summed E-state index contributed by atoms with van der Waals surface area (Å²) in [7, 11) is 0. The second kappa shape index (κ2) is 6.93. The van der Waals surface area contributed by atoms with E-state index in [-0.39, 0.29) is 12.0 Å². The van der Waals surface area contributed by atoms with E-state index in [9.17, 15) is 4.79 Å². The highest BCUT2D eigenvalue weighted by atomic mass is 16.2.